The lowest BCUT2D eigenvalue weighted by Gasteiger charge is -2.10. The van der Waals surface area contributed by atoms with Crippen LogP contribution in [0.25, 0.3) is 0 Å². The fourth-order valence-electron chi connectivity index (χ4n) is 0.707. The Morgan fingerprint density at radius 1 is 1.70 bits per heavy atom. The van der Waals surface area contributed by atoms with Crippen LogP contribution in [-0.4, -0.2) is 11.1 Å². The Hall–Kier alpha value is -1.04. The van der Waals surface area contributed by atoms with Gasteiger partial charge in [-0.1, -0.05) is 13.8 Å². The van der Waals surface area contributed by atoms with E-state index >= 15 is 0 Å². The van der Waals surface area contributed by atoms with Crippen LogP contribution in [-0.2, 0) is 4.79 Å². The standard InChI is InChI=1S/C7H11NO2/c1-5(2)6(3-4-8)7(9)10/h5-6H,3H2,1-2H3,(H,9,10)/t6-/m1/s1. The third-order valence-corrected chi connectivity index (χ3v) is 1.43. The van der Waals surface area contributed by atoms with Gasteiger partial charge >= 0.3 is 5.97 Å². The minimum absolute atomic E-state index is 0.0390. The molecule has 0 rings (SSSR count). The molecule has 0 bridgehead atoms. The van der Waals surface area contributed by atoms with Gasteiger partial charge in [-0.25, -0.2) is 0 Å². The Balaban J connectivity index is 4.01. The van der Waals surface area contributed by atoms with Gasteiger partial charge in [-0.15, -0.1) is 0 Å². The molecule has 0 aromatic carbocycles. The first kappa shape index (κ1) is 8.96. The van der Waals surface area contributed by atoms with Crippen LogP contribution in [0.1, 0.15) is 20.3 Å². The molecule has 0 heterocycles. The highest BCUT2D eigenvalue weighted by molar-refractivity contribution is 5.70. The normalized spacial score (nSPS) is 12.6. The summed E-state index contributed by atoms with van der Waals surface area (Å²) in [6.45, 7) is 3.60. The fraction of sp³-hybridized carbons (Fsp3) is 0.714. The number of hydrogen-bond acceptors (Lipinski definition) is 2. The highest BCUT2D eigenvalue weighted by atomic mass is 16.4. The maximum absolute atomic E-state index is 10.4. The highest BCUT2D eigenvalue weighted by Gasteiger charge is 2.20. The molecule has 0 fully saturated rings. The summed E-state index contributed by atoms with van der Waals surface area (Å²) in [6, 6.07) is 1.85. The molecule has 0 aliphatic heterocycles. The average molecular weight is 141 g/mol. The summed E-state index contributed by atoms with van der Waals surface area (Å²) in [4.78, 5) is 10.4. The molecule has 10 heavy (non-hydrogen) atoms. The van der Waals surface area contributed by atoms with Crippen molar-refractivity contribution in [1.82, 2.24) is 0 Å². The van der Waals surface area contributed by atoms with Crippen molar-refractivity contribution in [2.24, 2.45) is 11.8 Å². The number of carbonyl (C=O) groups is 1. The van der Waals surface area contributed by atoms with Crippen LogP contribution in [0.3, 0.4) is 0 Å². The molecule has 0 saturated carbocycles. The second-order valence-electron chi connectivity index (χ2n) is 2.55. The molecule has 3 nitrogen and oxygen atoms in total. The lowest BCUT2D eigenvalue weighted by molar-refractivity contribution is -0.143. The molecule has 1 atom stereocenters. The lowest BCUT2D eigenvalue weighted by atomic mass is 9.93. The molecule has 3 heteroatoms. The Morgan fingerprint density at radius 2 is 2.20 bits per heavy atom. The fourth-order valence-corrected chi connectivity index (χ4v) is 0.707. The van der Waals surface area contributed by atoms with Gasteiger partial charge in [0.05, 0.1) is 12.0 Å². The van der Waals surface area contributed by atoms with E-state index in [0.29, 0.717) is 0 Å². The average Bonchev–Trinajstić information content (AvgIpc) is 1.81. The molecule has 0 aromatic rings. The Labute approximate surface area is 60.3 Å². The molecule has 0 aromatic heterocycles. The van der Waals surface area contributed by atoms with E-state index in [4.69, 9.17) is 10.4 Å². The van der Waals surface area contributed by atoms with E-state index < -0.39 is 11.9 Å². The number of aliphatic carboxylic acids is 1. The van der Waals surface area contributed by atoms with Crippen LogP contribution >= 0.6 is 0 Å². The predicted octanol–water partition coefficient (Wildman–Crippen LogP) is 1.26. The van der Waals surface area contributed by atoms with E-state index in [1.807, 2.05) is 6.07 Å². The number of carboxylic acids is 1. The zero-order valence-electron chi connectivity index (χ0n) is 6.16. The third kappa shape index (κ3) is 2.49. The summed E-state index contributed by atoms with van der Waals surface area (Å²) in [5.74, 6) is -1.35. The van der Waals surface area contributed by atoms with Crippen molar-refractivity contribution in [3.63, 3.8) is 0 Å². The number of carboxylic acid groups (broad SMARTS) is 1. The summed E-state index contributed by atoms with van der Waals surface area (Å²) in [5, 5.41) is 16.7. The summed E-state index contributed by atoms with van der Waals surface area (Å²) in [5.41, 5.74) is 0. The summed E-state index contributed by atoms with van der Waals surface area (Å²) in [7, 11) is 0. The van der Waals surface area contributed by atoms with Crippen LogP contribution in [0.5, 0.6) is 0 Å². The maximum atomic E-state index is 10.4. The van der Waals surface area contributed by atoms with Gasteiger partial charge in [-0.2, -0.15) is 5.26 Å². The zero-order chi connectivity index (χ0) is 8.15. The molecule has 0 unspecified atom stereocenters. The second kappa shape index (κ2) is 3.89. The Kier molecular flexibility index (Phi) is 3.48. The van der Waals surface area contributed by atoms with E-state index in [0.717, 1.165) is 0 Å². The van der Waals surface area contributed by atoms with Crippen LogP contribution in [0.4, 0.5) is 0 Å². The number of hydrogen-bond donors (Lipinski definition) is 1. The highest BCUT2D eigenvalue weighted by Crippen LogP contribution is 2.13. The van der Waals surface area contributed by atoms with Gasteiger partial charge in [-0.05, 0) is 5.92 Å². The monoisotopic (exact) mass is 141 g/mol. The number of nitriles is 1. The van der Waals surface area contributed by atoms with Crippen molar-refractivity contribution in [2.45, 2.75) is 20.3 Å². The van der Waals surface area contributed by atoms with Crippen molar-refractivity contribution in [3.05, 3.63) is 0 Å². The summed E-state index contributed by atoms with van der Waals surface area (Å²) in [6.07, 6.45) is 0.104. The number of rotatable bonds is 3. The largest absolute Gasteiger partial charge is 0.481 e. The van der Waals surface area contributed by atoms with Gasteiger partial charge in [0.25, 0.3) is 0 Å². The smallest absolute Gasteiger partial charge is 0.307 e. The molecule has 1 N–H and O–H groups in total. The van der Waals surface area contributed by atoms with Crippen molar-refractivity contribution < 1.29 is 9.90 Å². The van der Waals surface area contributed by atoms with E-state index in [-0.39, 0.29) is 12.3 Å². The van der Waals surface area contributed by atoms with E-state index in [9.17, 15) is 4.79 Å². The molecule has 0 amide bonds. The minimum Gasteiger partial charge on any atom is -0.481 e. The molecule has 56 valence electrons. The first-order valence-electron chi connectivity index (χ1n) is 3.19. The Morgan fingerprint density at radius 3 is 2.30 bits per heavy atom. The molecular formula is C7H11NO2. The van der Waals surface area contributed by atoms with Gasteiger partial charge in [0.15, 0.2) is 0 Å². The lowest BCUT2D eigenvalue weighted by Crippen LogP contribution is -2.18. The van der Waals surface area contributed by atoms with Crippen molar-refractivity contribution >= 4 is 5.97 Å². The molecule has 0 aliphatic carbocycles. The predicted molar refractivity (Wildman–Crippen MR) is 36.2 cm³/mol. The van der Waals surface area contributed by atoms with Gasteiger partial charge in [-0.3, -0.25) is 4.79 Å². The Bertz CT molecular complexity index is 157. The van der Waals surface area contributed by atoms with Gasteiger partial charge in [0.2, 0.25) is 0 Å². The van der Waals surface area contributed by atoms with Gasteiger partial charge < -0.3 is 5.11 Å². The van der Waals surface area contributed by atoms with Crippen LogP contribution < -0.4 is 0 Å². The van der Waals surface area contributed by atoms with E-state index in [1.54, 1.807) is 13.8 Å². The van der Waals surface area contributed by atoms with Crippen molar-refractivity contribution in [3.8, 4) is 6.07 Å². The molecule has 0 aliphatic rings. The topological polar surface area (TPSA) is 61.1 Å². The van der Waals surface area contributed by atoms with Crippen molar-refractivity contribution in [2.75, 3.05) is 0 Å². The quantitative estimate of drug-likeness (QED) is 0.643. The molecule has 0 spiro atoms. The number of nitrogens with zero attached hydrogens (tertiary/aromatic N) is 1. The van der Waals surface area contributed by atoms with Crippen LogP contribution in [0.2, 0.25) is 0 Å². The van der Waals surface area contributed by atoms with Gasteiger partial charge in [0, 0.05) is 6.42 Å². The third-order valence-electron chi connectivity index (χ3n) is 1.43. The first-order chi connectivity index (χ1) is 4.59. The molecule has 0 radical (unpaired) electrons. The van der Waals surface area contributed by atoms with E-state index in [2.05, 4.69) is 0 Å². The zero-order valence-corrected chi connectivity index (χ0v) is 6.16. The van der Waals surface area contributed by atoms with E-state index in [1.165, 1.54) is 0 Å². The molecule has 0 saturated heterocycles. The maximum Gasteiger partial charge on any atom is 0.307 e. The summed E-state index contributed by atoms with van der Waals surface area (Å²) >= 11 is 0. The second-order valence-corrected chi connectivity index (χ2v) is 2.55. The SMILES string of the molecule is CC(C)[C@@H](CC#N)C(=O)O. The minimum atomic E-state index is -0.878. The van der Waals surface area contributed by atoms with Gasteiger partial charge in [0.1, 0.15) is 0 Å². The first-order valence-corrected chi connectivity index (χ1v) is 3.19. The summed E-state index contributed by atoms with van der Waals surface area (Å²) < 4.78 is 0. The molecular weight excluding hydrogens is 130 g/mol. The van der Waals surface area contributed by atoms with Crippen LogP contribution in [0.15, 0.2) is 0 Å². The van der Waals surface area contributed by atoms with Crippen LogP contribution in [0, 0.1) is 23.2 Å². The van der Waals surface area contributed by atoms with Crippen molar-refractivity contribution in [1.29, 1.82) is 5.26 Å².